The van der Waals surface area contributed by atoms with Crippen LogP contribution in [0.4, 0.5) is 11.4 Å². The number of Topliss-reactive ketones (excluding diaryl/α,β-unsaturated/α-hetero) is 1. The standard InChI is InChI=1S/C30H38N4O4/c1-17-25(30(38)34(32-17)18(2)20-11-7-8-12-20)27-28(36)26(29(27)37)22-14-13-21(33(3)4)16-23(22)31-24(35)15-19-9-5-6-10-19/h13-14,16,18-20,36H,5-12,15H2,1-4H3,(H,31,35)/b27-25-. The number of carbonyl (C=O) groups excluding carboxylic acids is 3. The van der Waals surface area contributed by atoms with Gasteiger partial charge in [0.15, 0.2) is 0 Å². The number of allylic oxidation sites excluding steroid dienone is 2. The molecule has 2 N–H and O–H groups in total. The van der Waals surface area contributed by atoms with E-state index in [9.17, 15) is 19.5 Å². The summed E-state index contributed by atoms with van der Waals surface area (Å²) in [5.74, 6) is -0.266. The number of hydrazone groups is 1. The van der Waals surface area contributed by atoms with Crippen molar-refractivity contribution in [3.63, 3.8) is 0 Å². The molecule has 8 nitrogen and oxygen atoms in total. The number of amides is 2. The van der Waals surface area contributed by atoms with Crippen LogP contribution < -0.4 is 10.2 Å². The van der Waals surface area contributed by atoms with Gasteiger partial charge in [0.2, 0.25) is 11.7 Å². The van der Waals surface area contributed by atoms with E-state index < -0.39 is 5.78 Å². The average molecular weight is 519 g/mol. The van der Waals surface area contributed by atoms with Gasteiger partial charge in [0, 0.05) is 31.8 Å². The molecule has 1 heterocycles. The molecule has 2 amide bonds. The maximum absolute atomic E-state index is 13.5. The Balaban J connectivity index is 1.46. The molecule has 1 aliphatic heterocycles. The lowest BCUT2D eigenvalue weighted by Gasteiger charge is -2.28. The van der Waals surface area contributed by atoms with Crippen molar-refractivity contribution in [1.29, 1.82) is 0 Å². The smallest absolute Gasteiger partial charge is 0.277 e. The normalized spacial score (nSPS) is 23.3. The SMILES string of the molecule is CC1=NN(C(C)C2CCCC2)C(=O)/C1=C1\C(=O)C(c2ccc(N(C)C)cc2NC(=O)CC2CCCC2)=C1O. The Hall–Kier alpha value is -3.42. The van der Waals surface area contributed by atoms with Gasteiger partial charge < -0.3 is 15.3 Å². The Labute approximate surface area is 224 Å². The fourth-order valence-corrected chi connectivity index (χ4v) is 6.42. The van der Waals surface area contributed by atoms with E-state index in [1.54, 1.807) is 13.0 Å². The van der Waals surface area contributed by atoms with E-state index in [0.29, 0.717) is 35.2 Å². The summed E-state index contributed by atoms with van der Waals surface area (Å²) in [6, 6.07) is 5.36. The summed E-state index contributed by atoms with van der Waals surface area (Å²) in [6.07, 6.45) is 9.33. The van der Waals surface area contributed by atoms with Crippen LogP contribution in [0.2, 0.25) is 0 Å². The maximum Gasteiger partial charge on any atom is 0.277 e. The van der Waals surface area contributed by atoms with Crippen molar-refractivity contribution in [2.24, 2.45) is 16.9 Å². The number of ketones is 1. The molecule has 0 saturated heterocycles. The highest BCUT2D eigenvalue weighted by Crippen LogP contribution is 2.43. The molecule has 1 aromatic carbocycles. The lowest BCUT2D eigenvalue weighted by Crippen LogP contribution is -2.37. The third-order valence-electron chi connectivity index (χ3n) is 8.70. The van der Waals surface area contributed by atoms with Gasteiger partial charge in [0.25, 0.3) is 5.91 Å². The van der Waals surface area contributed by atoms with Gasteiger partial charge in [0.1, 0.15) is 5.76 Å². The number of aliphatic hydroxyl groups is 1. The van der Waals surface area contributed by atoms with Gasteiger partial charge in [-0.2, -0.15) is 5.10 Å². The molecule has 4 aliphatic rings. The molecule has 0 radical (unpaired) electrons. The number of nitrogens with zero attached hydrogens (tertiary/aromatic N) is 3. The van der Waals surface area contributed by atoms with Crippen LogP contribution in [0.5, 0.6) is 0 Å². The first-order valence-electron chi connectivity index (χ1n) is 13.9. The maximum atomic E-state index is 13.5. The molecule has 1 unspecified atom stereocenters. The Bertz CT molecular complexity index is 1260. The van der Waals surface area contributed by atoms with Crippen LogP contribution in [0.3, 0.4) is 0 Å². The first-order valence-corrected chi connectivity index (χ1v) is 13.9. The van der Waals surface area contributed by atoms with Gasteiger partial charge in [-0.1, -0.05) is 25.7 Å². The highest BCUT2D eigenvalue weighted by Gasteiger charge is 2.45. The van der Waals surface area contributed by atoms with Crippen molar-refractivity contribution in [2.75, 3.05) is 24.3 Å². The van der Waals surface area contributed by atoms with Crippen molar-refractivity contribution >= 4 is 40.3 Å². The Morgan fingerprint density at radius 1 is 1.08 bits per heavy atom. The van der Waals surface area contributed by atoms with E-state index >= 15 is 0 Å². The summed E-state index contributed by atoms with van der Waals surface area (Å²) in [7, 11) is 3.80. The number of hydrogen-bond acceptors (Lipinski definition) is 6. The minimum Gasteiger partial charge on any atom is -0.506 e. The number of carbonyl (C=O) groups is 3. The summed E-state index contributed by atoms with van der Waals surface area (Å²) < 4.78 is 0. The van der Waals surface area contributed by atoms with Crippen molar-refractivity contribution in [3.8, 4) is 0 Å². The van der Waals surface area contributed by atoms with E-state index in [0.717, 1.165) is 57.1 Å². The van der Waals surface area contributed by atoms with Gasteiger partial charge in [-0.3, -0.25) is 14.4 Å². The summed E-state index contributed by atoms with van der Waals surface area (Å²) in [6.45, 7) is 3.72. The number of nitrogens with one attached hydrogen (secondary N) is 1. The molecule has 3 aliphatic carbocycles. The van der Waals surface area contributed by atoms with Gasteiger partial charge in [-0.15, -0.1) is 0 Å². The van der Waals surface area contributed by atoms with Crippen LogP contribution in [-0.4, -0.2) is 53.6 Å². The van der Waals surface area contributed by atoms with Gasteiger partial charge in [-0.25, -0.2) is 5.01 Å². The van der Waals surface area contributed by atoms with Crippen molar-refractivity contribution < 1.29 is 19.5 Å². The fourth-order valence-electron chi connectivity index (χ4n) is 6.42. The Morgan fingerprint density at radius 3 is 2.37 bits per heavy atom. The molecule has 0 aromatic heterocycles. The quantitative estimate of drug-likeness (QED) is 0.482. The zero-order valence-corrected chi connectivity index (χ0v) is 22.8. The minimum atomic E-state index is -0.403. The van der Waals surface area contributed by atoms with Crippen LogP contribution in [0.25, 0.3) is 5.57 Å². The van der Waals surface area contributed by atoms with Gasteiger partial charge in [-0.05, 0) is 69.6 Å². The summed E-state index contributed by atoms with van der Waals surface area (Å²) in [5.41, 5.74) is 2.57. The lowest BCUT2D eigenvalue weighted by atomic mass is 9.79. The van der Waals surface area contributed by atoms with Crippen LogP contribution >= 0.6 is 0 Å². The molecule has 202 valence electrons. The highest BCUT2D eigenvalue weighted by atomic mass is 16.3. The fraction of sp³-hybridized carbons (Fsp3) is 0.533. The van der Waals surface area contributed by atoms with Gasteiger partial charge >= 0.3 is 0 Å². The third kappa shape index (κ3) is 4.65. The monoisotopic (exact) mass is 518 g/mol. The molecular formula is C30H38N4O4. The summed E-state index contributed by atoms with van der Waals surface area (Å²) >= 11 is 0. The lowest BCUT2D eigenvalue weighted by molar-refractivity contribution is -0.129. The second-order valence-corrected chi connectivity index (χ2v) is 11.5. The summed E-state index contributed by atoms with van der Waals surface area (Å²) in [5, 5.41) is 20.1. The van der Waals surface area contributed by atoms with E-state index in [1.165, 1.54) is 5.01 Å². The zero-order valence-electron chi connectivity index (χ0n) is 22.8. The third-order valence-corrected chi connectivity index (χ3v) is 8.70. The van der Waals surface area contributed by atoms with E-state index in [2.05, 4.69) is 10.4 Å². The molecule has 0 bridgehead atoms. The molecule has 0 spiro atoms. The minimum absolute atomic E-state index is 0.0206. The molecular weight excluding hydrogens is 480 g/mol. The second-order valence-electron chi connectivity index (χ2n) is 11.5. The van der Waals surface area contributed by atoms with Crippen molar-refractivity contribution in [1.82, 2.24) is 5.01 Å². The average Bonchev–Trinajstić information content (AvgIpc) is 3.64. The number of rotatable bonds is 7. The van der Waals surface area contributed by atoms with Crippen LogP contribution in [0.1, 0.15) is 77.2 Å². The first kappa shape index (κ1) is 26.2. The highest BCUT2D eigenvalue weighted by molar-refractivity contribution is 6.44. The summed E-state index contributed by atoms with van der Waals surface area (Å²) in [4.78, 5) is 41.7. The number of anilines is 2. The molecule has 8 heteroatoms. The van der Waals surface area contributed by atoms with Crippen LogP contribution in [-0.2, 0) is 14.4 Å². The molecule has 1 aromatic rings. The molecule has 38 heavy (non-hydrogen) atoms. The van der Waals surface area contributed by atoms with Crippen molar-refractivity contribution in [3.05, 3.63) is 40.7 Å². The topological polar surface area (TPSA) is 102 Å². The number of aliphatic hydroxyl groups excluding tert-OH is 1. The van der Waals surface area contributed by atoms with E-state index in [1.807, 2.05) is 38.1 Å². The van der Waals surface area contributed by atoms with Gasteiger partial charge in [0.05, 0.1) is 34.2 Å². The predicted molar refractivity (Wildman–Crippen MR) is 149 cm³/mol. The largest absolute Gasteiger partial charge is 0.506 e. The van der Waals surface area contributed by atoms with Crippen molar-refractivity contribution in [2.45, 2.75) is 77.7 Å². The van der Waals surface area contributed by atoms with Crippen LogP contribution in [0, 0.1) is 11.8 Å². The first-order chi connectivity index (χ1) is 18.2. The van der Waals surface area contributed by atoms with E-state index in [-0.39, 0.29) is 40.3 Å². The zero-order chi connectivity index (χ0) is 27.1. The van der Waals surface area contributed by atoms with E-state index in [4.69, 9.17) is 0 Å². The predicted octanol–water partition coefficient (Wildman–Crippen LogP) is 5.22. The second kappa shape index (κ2) is 10.4. The number of hydrogen-bond donors (Lipinski definition) is 2. The molecule has 2 fully saturated rings. The van der Waals surface area contributed by atoms with Crippen LogP contribution in [0.15, 0.2) is 40.2 Å². The molecule has 2 saturated carbocycles. The Kier molecular flexibility index (Phi) is 7.16. The Morgan fingerprint density at radius 2 is 1.74 bits per heavy atom. The molecule has 1 atom stereocenters. The number of benzene rings is 1. The molecule has 5 rings (SSSR count).